The van der Waals surface area contributed by atoms with Gasteiger partial charge in [-0.3, -0.25) is 4.79 Å². The first-order chi connectivity index (χ1) is 16.2. The Kier molecular flexibility index (Phi) is 7.46. The van der Waals surface area contributed by atoms with E-state index in [1.807, 2.05) is 12.1 Å². The normalized spacial score (nSPS) is 11.1. The Morgan fingerprint density at radius 3 is 1.79 bits per heavy atom. The molecule has 0 bridgehead atoms. The number of unbranched alkanes of at least 4 members (excludes halogenated alkanes) is 2. The van der Waals surface area contributed by atoms with Gasteiger partial charge in [-0.15, -0.1) is 0 Å². The second-order valence-corrected chi connectivity index (χ2v) is 8.22. The van der Waals surface area contributed by atoms with Gasteiger partial charge in [-0.1, -0.05) is 67.6 Å². The van der Waals surface area contributed by atoms with Crippen LogP contribution in [0.3, 0.4) is 0 Å². The van der Waals surface area contributed by atoms with Crippen LogP contribution in [0.25, 0.3) is 32.7 Å². The van der Waals surface area contributed by atoms with Crippen molar-refractivity contribution in [3.05, 3.63) is 72.8 Å². The molecule has 0 fully saturated rings. The van der Waals surface area contributed by atoms with Crippen LogP contribution in [0.15, 0.2) is 72.8 Å². The average molecular weight is 443 g/mol. The summed E-state index contributed by atoms with van der Waals surface area (Å²) in [6.07, 6.45) is 3.45. The molecule has 4 rings (SSSR count). The number of carbonyl (C=O) groups is 1. The van der Waals surface area contributed by atoms with Gasteiger partial charge < -0.3 is 14.6 Å². The number of carboxylic acid groups (broad SMARTS) is 1. The van der Waals surface area contributed by atoms with Crippen LogP contribution in [0, 0.1) is 0 Å². The first-order valence-corrected chi connectivity index (χ1v) is 11.7. The molecule has 0 aliphatic rings. The van der Waals surface area contributed by atoms with E-state index >= 15 is 0 Å². The molecule has 0 unspecified atom stereocenters. The molecule has 4 aromatic carbocycles. The number of benzene rings is 4. The number of aliphatic carboxylic acids is 1. The monoisotopic (exact) mass is 442 g/mol. The van der Waals surface area contributed by atoms with Crippen LogP contribution in [-0.2, 0) is 4.79 Å². The number of hydrogen-bond donors (Lipinski definition) is 1. The van der Waals surface area contributed by atoms with E-state index in [-0.39, 0.29) is 6.42 Å². The van der Waals surface area contributed by atoms with E-state index in [0.717, 1.165) is 63.4 Å². The predicted molar refractivity (Wildman–Crippen MR) is 134 cm³/mol. The molecule has 0 aromatic heterocycles. The minimum Gasteiger partial charge on any atom is -0.493 e. The molecule has 4 aromatic rings. The number of fused-ring (bicyclic) bond motifs is 2. The van der Waals surface area contributed by atoms with E-state index in [1.54, 1.807) is 0 Å². The van der Waals surface area contributed by atoms with Crippen LogP contribution in [0.5, 0.6) is 11.5 Å². The second kappa shape index (κ2) is 10.9. The van der Waals surface area contributed by atoms with Crippen LogP contribution in [0.4, 0.5) is 0 Å². The minimum atomic E-state index is -0.747. The van der Waals surface area contributed by atoms with E-state index in [0.29, 0.717) is 19.6 Å². The van der Waals surface area contributed by atoms with Crippen LogP contribution in [0.1, 0.15) is 39.0 Å². The molecule has 0 saturated heterocycles. The average Bonchev–Trinajstić information content (AvgIpc) is 2.84. The Morgan fingerprint density at radius 2 is 1.24 bits per heavy atom. The van der Waals surface area contributed by atoms with Gasteiger partial charge in [-0.05, 0) is 59.4 Å². The van der Waals surface area contributed by atoms with Gasteiger partial charge in [0.05, 0.1) is 13.2 Å². The molecule has 4 heteroatoms. The van der Waals surface area contributed by atoms with E-state index in [9.17, 15) is 4.79 Å². The zero-order valence-corrected chi connectivity index (χ0v) is 19.0. The molecule has 0 saturated carbocycles. The molecule has 0 aliphatic heterocycles. The van der Waals surface area contributed by atoms with Gasteiger partial charge in [0.25, 0.3) is 0 Å². The topological polar surface area (TPSA) is 55.8 Å². The maximum Gasteiger partial charge on any atom is 0.303 e. The van der Waals surface area contributed by atoms with Gasteiger partial charge in [0, 0.05) is 17.5 Å². The molecular formula is C29H30O4. The largest absolute Gasteiger partial charge is 0.493 e. The quantitative estimate of drug-likeness (QED) is 0.245. The fourth-order valence-electron chi connectivity index (χ4n) is 4.21. The summed E-state index contributed by atoms with van der Waals surface area (Å²) in [5.41, 5.74) is 2.10. The summed E-state index contributed by atoms with van der Waals surface area (Å²) in [6, 6.07) is 25.0. The fraction of sp³-hybridized carbons (Fsp3) is 0.276. The molecule has 1 N–H and O–H groups in total. The molecule has 0 radical (unpaired) electrons. The maximum absolute atomic E-state index is 10.8. The predicted octanol–water partition coefficient (Wildman–Crippen LogP) is 7.47. The summed E-state index contributed by atoms with van der Waals surface area (Å²) in [5.74, 6) is 0.936. The molecule has 0 spiro atoms. The summed E-state index contributed by atoms with van der Waals surface area (Å²) in [4.78, 5) is 10.8. The van der Waals surface area contributed by atoms with Gasteiger partial charge in [0.15, 0.2) is 0 Å². The first kappa shape index (κ1) is 22.7. The maximum atomic E-state index is 10.8. The molecule has 170 valence electrons. The number of hydrogen-bond acceptors (Lipinski definition) is 3. The summed E-state index contributed by atoms with van der Waals surface area (Å²) < 4.78 is 12.5. The van der Waals surface area contributed by atoms with Crippen LogP contribution >= 0.6 is 0 Å². The van der Waals surface area contributed by atoms with E-state index in [1.165, 1.54) is 0 Å². The highest BCUT2D eigenvalue weighted by atomic mass is 16.5. The highest BCUT2D eigenvalue weighted by Crippen LogP contribution is 2.45. The lowest BCUT2D eigenvalue weighted by Gasteiger charge is -2.19. The molecule has 0 amide bonds. The first-order valence-electron chi connectivity index (χ1n) is 11.7. The molecule has 0 heterocycles. The number of rotatable bonds is 11. The third kappa shape index (κ3) is 5.28. The zero-order valence-electron chi connectivity index (χ0n) is 19.0. The van der Waals surface area contributed by atoms with Gasteiger partial charge in [0.1, 0.15) is 11.5 Å². The van der Waals surface area contributed by atoms with Gasteiger partial charge in [0.2, 0.25) is 0 Å². The summed E-state index contributed by atoms with van der Waals surface area (Å²) in [6.45, 7) is 3.30. The van der Waals surface area contributed by atoms with Crippen molar-refractivity contribution in [2.45, 2.75) is 39.0 Å². The Morgan fingerprint density at radius 1 is 0.697 bits per heavy atom. The molecule has 33 heavy (non-hydrogen) atoms. The van der Waals surface area contributed by atoms with Gasteiger partial charge >= 0.3 is 5.97 Å². The summed E-state index contributed by atoms with van der Waals surface area (Å²) in [7, 11) is 0. The van der Waals surface area contributed by atoms with E-state index in [4.69, 9.17) is 14.6 Å². The smallest absolute Gasteiger partial charge is 0.303 e. The molecule has 4 nitrogen and oxygen atoms in total. The van der Waals surface area contributed by atoms with Crippen molar-refractivity contribution >= 4 is 27.5 Å². The third-order valence-corrected chi connectivity index (χ3v) is 5.79. The van der Waals surface area contributed by atoms with Crippen molar-refractivity contribution in [3.63, 3.8) is 0 Å². The number of ether oxygens (including phenoxy) is 2. The van der Waals surface area contributed by atoms with E-state index < -0.39 is 5.97 Å². The second-order valence-electron chi connectivity index (χ2n) is 8.22. The number of carboxylic acids is 1. The SMILES string of the molecule is CCCOc1ccc2ccccc2c1-c1c(OCCCCCC(=O)O)ccc2ccccc12. The van der Waals surface area contributed by atoms with Gasteiger partial charge in [-0.2, -0.15) is 0 Å². The van der Waals surface area contributed by atoms with Crippen molar-refractivity contribution < 1.29 is 19.4 Å². The van der Waals surface area contributed by atoms with Crippen molar-refractivity contribution in [2.75, 3.05) is 13.2 Å². The minimum absolute atomic E-state index is 0.204. The summed E-state index contributed by atoms with van der Waals surface area (Å²) in [5, 5.41) is 13.4. The van der Waals surface area contributed by atoms with Crippen molar-refractivity contribution in [3.8, 4) is 22.6 Å². The lowest BCUT2D eigenvalue weighted by atomic mass is 9.92. The molecule has 0 aliphatic carbocycles. The molecular weight excluding hydrogens is 412 g/mol. The van der Waals surface area contributed by atoms with Crippen LogP contribution < -0.4 is 9.47 Å². The van der Waals surface area contributed by atoms with E-state index in [2.05, 4.69) is 67.6 Å². The van der Waals surface area contributed by atoms with Gasteiger partial charge in [-0.25, -0.2) is 0 Å². The Balaban J connectivity index is 1.78. The lowest BCUT2D eigenvalue weighted by Crippen LogP contribution is -2.02. The highest BCUT2D eigenvalue weighted by molar-refractivity contribution is 6.09. The third-order valence-electron chi connectivity index (χ3n) is 5.79. The Labute approximate surface area is 194 Å². The fourth-order valence-corrected chi connectivity index (χ4v) is 4.21. The standard InChI is InChI=1S/C29H30O4/c1-2-19-32-25-17-15-21-10-5-7-12-23(21)28(25)29-24-13-8-6-11-22(24)16-18-26(29)33-20-9-3-4-14-27(30)31/h5-8,10-13,15-18H,2-4,9,14,19-20H2,1H3,(H,30,31). The van der Waals surface area contributed by atoms with Crippen molar-refractivity contribution in [2.24, 2.45) is 0 Å². The molecule has 0 atom stereocenters. The van der Waals surface area contributed by atoms with Crippen molar-refractivity contribution in [1.82, 2.24) is 0 Å². The zero-order chi connectivity index (χ0) is 23.0. The highest BCUT2D eigenvalue weighted by Gasteiger charge is 2.19. The van der Waals surface area contributed by atoms with Crippen molar-refractivity contribution in [1.29, 1.82) is 0 Å². The lowest BCUT2D eigenvalue weighted by molar-refractivity contribution is -0.137. The Bertz CT molecular complexity index is 1250. The van der Waals surface area contributed by atoms with Crippen LogP contribution in [-0.4, -0.2) is 24.3 Å². The summed E-state index contributed by atoms with van der Waals surface area (Å²) >= 11 is 0. The Hall–Kier alpha value is -3.53. The van der Waals surface area contributed by atoms with Crippen LogP contribution in [0.2, 0.25) is 0 Å².